The molecule has 3 aromatic rings. The summed E-state index contributed by atoms with van der Waals surface area (Å²) in [5.74, 6) is 2.61. The molecule has 2 unspecified atom stereocenters. The number of benzene rings is 2. The van der Waals surface area contributed by atoms with E-state index in [-0.39, 0.29) is 11.4 Å². The van der Waals surface area contributed by atoms with Gasteiger partial charge in [0.25, 0.3) is 5.69 Å². The van der Waals surface area contributed by atoms with E-state index in [4.69, 9.17) is 14.2 Å². The molecular formula is C25H26FN3O5. The van der Waals surface area contributed by atoms with Crippen LogP contribution in [0.2, 0.25) is 0 Å². The molecule has 2 heterocycles. The van der Waals surface area contributed by atoms with Crippen LogP contribution < -0.4 is 14.2 Å². The van der Waals surface area contributed by atoms with Gasteiger partial charge in [0.2, 0.25) is 0 Å². The Hall–Kier alpha value is -3.46. The summed E-state index contributed by atoms with van der Waals surface area (Å²) in [5.41, 5.74) is 0.270. The highest BCUT2D eigenvalue weighted by Crippen LogP contribution is 2.42. The van der Waals surface area contributed by atoms with Crippen LogP contribution >= 0.6 is 0 Å². The van der Waals surface area contributed by atoms with Crippen LogP contribution in [-0.4, -0.2) is 48.7 Å². The smallest absolute Gasteiger partial charge is 0.272 e. The Balaban J connectivity index is 1.35. The fraction of sp³-hybridized carbons (Fsp3) is 0.400. The molecule has 178 valence electrons. The first-order chi connectivity index (χ1) is 16.4. The minimum atomic E-state index is -0.821. The van der Waals surface area contributed by atoms with Crippen molar-refractivity contribution in [3.05, 3.63) is 58.5 Å². The number of likely N-dealkylation sites (tertiary alicyclic amines) is 1. The Bertz CT molecular complexity index is 1220. The third-order valence-corrected chi connectivity index (χ3v) is 6.84. The lowest BCUT2D eigenvalue weighted by Gasteiger charge is -2.17. The van der Waals surface area contributed by atoms with Crippen molar-refractivity contribution in [2.45, 2.75) is 12.8 Å². The molecule has 0 bridgehead atoms. The van der Waals surface area contributed by atoms with E-state index < -0.39 is 10.7 Å². The monoisotopic (exact) mass is 467 g/mol. The molecule has 0 N–H and O–H groups in total. The molecule has 8 nitrogen and oxygen atoms in total. The van der Waals surface area contributed by atoms with E-state index in [0.717, 1.165) is 17.9 Å². The zero-order chi connectivity index (χ0) is 23.8. The molecule has 1 aliphatic heterocycles. The molecule has 34 heavy (non-hydrogen) atoms. The first kappa shape index (κ1) is 22.3. The van der Waals surface area contributed by atoms with Crippen molar-refractivity contribution in [3.63, 3.8) is 0 Å². The number of non-ortho nitro benzene ring substituents is 1. The summed E-state index contributed by atoms with van der Waals surface area (Å²) < 4.78 is 31.9. The molecule has 2 aromatic carbocycles. The number of hydrogen-bond acceptors (Lipinski definition) is 7. The summed E-state index contributed by atoms with van der Waals surface area (Å²) in [5, 5.41) is 11.5. The molecule has 0 radical (unpaired) electrons. The molecule has 5 rings (SSSR count). The second kappa shape index (κ2) is 9.06. The predicted molar refractivity (Wildman–Crippen MR) is 124 cm³/mol. The number of nitro groups is 1. The van der Waals surface area contributed by atoms with Gasteiger partial charge in [0.1, 0.15) is 5.75 Å². The molecule has 2 fully saturated rings. The standard InChI is InChI=1S/C25H26FN3O5/c1-28-12-16-7-15(8-17(16)13-28)14-33-25-11-21-19(10-24(25)32-2)22(5-6-27-21)34-23-4-3-18(29(30)31)9-20(23)26/h3-6,9-11,15-17H,7-8,12-14H2,1-2H3/t15?,16-,17?/m0/s1. The number of ether oxygens (including phenoxy) is 3. The van der Waals surface area contributed by atoms with Gasteiger partial charge in [-0.3, -0.25) is 15.1 Å². The SMILES string of the molecule is COc1cc2c(Oc3ccc([N+](=O)[O-])cc3F)ccnc2cc1OCC1CC2CN(C)C[C@@H]2C1. The highest BCUT2D eigenvalue weighted by Gasteiger charge is 2.39. The van der Waals surface area contributed by atoms with Crippen molar-refractivity contribution in [1.29, 1.82) is 0 Å². The third kappa shape index (κ3) is 4.35. The second-order valence-corrected chi connectivity index (χ2v) is 9.19. The van der Waals surface area contributed by atoms with Gasteiger partial charge in [-0.15, -0.1) is 0 Å². The van der Waals surface area contributed by atoms with Crippen LogP contribution in [0.5, 0.6) is 23.0 Å². The molecule has 1 aromatic heterocycles. The van der Waals surface area contributed by atoms with Gasteiger partial charge in [-0.2, -0.15) is 0 Å². The maximum atomic E-state index is 14.4. The number of methoxy groups -OCH3 is 1. The van der Waals surface area contributed by atoms with Crippen LogP contribution in [0.3, 0.4) is 0 Å². The third-order valence-electron chi connectivity index (χ3n) is 6.84. The Kier molecular flexibility index (Phi) is 5.95. The van der Waals surface area contributed by atoms with Gasteiger partial charge in [-0.05, 0) is 55.8 Å². The van der Waals surface area contributed by atoms with Gasteiger partial charge in [0.05, 0.1) is 30.2 Å². The van der Waals surface area contributed by atoms with Gasteiger partial charge in [0.15, 0.2) is 23.1 Å². The van der Waals surface area contributed by atoms with Crippen molar-refractivity contribution in [1.82, 2.24) is 9.88 Å². The molecule has 0 amide bonds. The van der Waals surface area contributed by atoms with Crippen molar-refractivity contribution < 1.29 is 23.5 Å². The summed E-state index contributed by atoms with van der Waals surface area (Å²) in [4.78, 5) is 17.0. The minimum Gasteiger partial charge on any atom is -0.493 e. The Labute approximate surface area is 196 Å². The second-order valence-electron chi connectivity index (χ2n) is 9.19. The predicted octanol–water partition coefficient (Wildman–Crippen LogP) is 5.05. The van der Waals surface area contributed by atoms with E-state index in [1.165, 1.54) is 38.1 Å². The summed E-state index contributed by atoms with van der Waals surface area (Å²) in [6, 6.07) is 8.44. The first-order valence-electron chi connectivity index (χ1n) is 11.3. The molecule has 3 atom stereocenters. The topological polar surface area (TPSA) is 87.0 Å². The van der Waals surface area contributed by atoms with E-state index in [2.05, 4.69) is 16.9 Å². The number of rotatable bonds is 7. The zero-order valence-corrected chi connectivity index (χ0v) is 19.1. The van der Waals surface area contributed by atoms with Crippen molar-refractivity contribution in [3.8, 4) is 23.0 Å². The molecular weight excluding hydrogens is 441 g/mol. The highest BCUT2D eigenvalue weighted by atomic mass is 19.1. The van der Waals surface area contributed by atoms with Crippen molar-refractivity contribution in [2.24, 2.45) is 17.8 Å². The normalized spacial score (nSPS) is 22.0. The fourth-order valence-corrected chi connectivity index (χ4v) is 5.30. The lowest BCUT2D eigenvalue weighted by Crippen LogP contribution is -2.18. The lowest BCUT2D eigenvalue weighted by atomic mass is 10.0. The molecule has 1 saturated carbocycles. The van der Waals surface area contributed by atoms with Crippen LogP contribution in [0, 0.1) is 33.7 Å². The summed E-state index contributed by atoms with van der Waals surface area (Å²) in [6.45, 7) is 2.97. The summed E-state index contributed by atoms with van der Waals surface area (Å²) in [6.07, 6.45) is 3.93. The van der Waals surface area contributed by atoms with Gasteiger partial charge in [-0.1, -0.05) is 0 Å². The number of halogens is 1. The quantitative estimate of drug-likeness (QED) is 0.355. The van der Waals surface area contributed by atoms with Gasteiger partial charge in [0, 0.05) is 36.8 Å². The summed E-state index contributed by atoms with van der Waals surface area (Å²) >= 11 is 0. The van der Waals surface area contributed by atoms with Crippen molar-refractivity contribution >= 4 is 16.6 Å². The highest BCUT2D eigenvalue weighted by molar-refractivity contribution is 5.88. The number of pyridine rings is 1. The molecule has 1 saturated heterocycles. The van der Waals surface area contributed by atoms with E-state index in [1.54, 1.807) is 31.5 Å². The lowest BCUT2D eigenvalue weighted by molar-refractivity contribution is -0.385. The Morgan fingerprint density at radius 1 is 1.09 bits per heavy atom. The molecule has 2 aliphatic rings. The number of hydrogen-bond donors (Lipinski definition) is 0. The number of nitrogens with zero attached hydrogens (tertiary/aromatic N) is 3. The van der Waals surface area contributed by atoms with Gasteiger partial charge >= 0.3 is 0 Å². The number of aromatic nitrogens is 1. The maximum Gasteiger partial charge on any atom is 0.272 e. The number of nitro benzene ring substituents is 1. The average molecular weight is 467 g/mol. The zero-order valence-electron chi connectivity index (χ0n) is 19.1. The van der Waals surface area contributed by atoms with Crippen molar-refractivity contribution in [2.75, 3.05) is 33.9 Å². The molecule has 9 heteroatoms. The van der Waals surface area contributed by atoms with Gasteiger partial charge in [-0.25, -0.2) is 4.39 Å². The number of fused-ring (bicyclic) bond motifs is 2. The van der Waals surface area contributed by atoms with Crippen LogP contribution in [0.15, 0.2) is 42.6 Å². The maximum absolute atomic E-state index is 14.4. The average Bonchev–Trinajstić information content (AvgIpc) is 3.35. The van der Waals surface area contributed by atoms with Crippen LogP contribution in [-0.2, 0) is 0 Å². The van der Waals surface area contributed by atoms with Crippen LogP contribution in [0.25, 0.3) is 10.9 Å². The minimum absolute atomic E-state index is 0.116. The van der Waals surface area contributed by atoms with Crippen LogP contribution in [0.1, 0.15) is 12.8 Å². The first-order valence-corrected chi connectivity index (χ1v) is 11.3. The molecule has 1 aliphatic carbocycles. The van der Waals surface area contributed by atoms with Crippen LogP contribution in [0.4, 0.5) is 10.1 Å². The molecule has 0 spiro atoms. The van der Waals surface area contributed by atoms with Gasteiger partial charge < -0.3 is 19.1 Å². The largest absolute Gasteiger partial charge is 0.493 e. The fourth-order valence-electron chi connectivity index (χ4n) is 5.30. The van der Waals surface area contributed by atoms with E-state index in [0.29, 0.717) is 40.7 Å². The van der Waals surface area contributed by atoms with E-state index in [1.807, 2.05) is 0 Å². The van der Waals surface area contributed by atoms with E-state index >= 15 is 0 Å². The summed E-state index contributed by atoms with van der Waals surface area (Å²) in [7, 11) is 3.75. The Morgan fingerprint density at radius 2 is 1.85 bits per heavy atom. The van der Waals surface area contributed by atoms with E-state index in [9.17, 15) is 14.5 Å². The Morgan fingerprint density at radius 3 is 2.53 bits per heavy atom.